The Hall–Kier alpha value is 0.679. The number of hydrogen-bond acceptors (Lipinski definition) is 3. The molecule has 0 unspecified atom stereocenters. The molecule has 0 aromatic carbocycles. The summed E-state index contributed by atoms with van der Waals surface area (Å²) in [5, 5.41) is 0. The van der Waals surface area contributed by atoms with E-state index in [2.05, 4.69) is 41.5 Å². The summed E-state index contributed by atoms with van der Waals surface area (Å²) in [5.41, 5.74) is 0. The zero-order valence-corrected chi connectivity index (χ0v) is 14.4. The minimum absolute atomic E-state index is 0.143. The van der Waals surface area contributed by atoms with Crippen LogP contribution in [0.5, 0.6) is 0 Å². The zero-order valence-electron chi connectivity index (χ0n) is 11.6. The SMILES string of the molecule is C[C](C)(C)[Sn]1([C](C)(C)C)[O]CCOCC[O]1. The summed E-state index contributed by atoms with van der Waals surface area (Å²) >= 11 is -3.12. The Morgan fingerprint density at radius 2 is 1.06 bits per heavy atom. The predicted molar refractivity (Wildman–Crippen MR) is 67.9 cm³/mol. The van der Waals surface area contributed by atoms with Crippen LogP contribution in [0, 0.1) is 0 Å². The molecule has 0 bridgehead atoms. The van der Waals surface area contributed by atoms with Gasteiger partial charge >= 0.3 is 105 Å². The molecule has 16 heavy (non-hydrogen) atoms. The van der Waals surface area contributed by atoms with Crippen LogP contribution in [-0.4, -0.2) is 45.6 Å². The van der Waals surface area contributed by atoms with E-state index in [4.69, 9.17) is 10.9 Å². The van der Waals surface area contributed by atoms with Crippen molar-refractivity contribution in [2.45, 2.75) is 48.4 Å². The van der Waals surface area contributed by atoms with Crippen LogP contribution in [0.1, 0.15) is 41.5 Å². The standard InChI is InChI=1S/C4H8O3.2C4H9.Sn/c5-1-3-7-4-2-6;2*1-4(2)3;/h1-4H2;2*1-3H3;/q-2;;;+2. The van der Waals surface area contributed by atoms with Gasteiger partial charge in [0, 0.05) is 0 Å². The van der Waals surface area contributed by atoms with Crippen LogP contribution in [0.4, 0.5) is 0 Å². The average Bonchev–Trinajstić information content (AvgIpc) is 1.97. The van der Waals surface area contributed by atoms with E-state index in [0.717, 1.165) is 0 Å². The van der Waals surface area contributed by atoms with E-state index in [-0.39, 0.29) is 6.86 Å². The second-order valence-corrected chi connectivity index (χ2v) is 20.2. The van der Waals surface area contributed by atoms with Crippen LogP contribution in [0.3, 0.4) is 0 Å². The Bertz CT molecular complexity index is 203. The van der Waals surface area contributed by atoms with Gasteiger partial charge in [0.05, 0.1) is 0 Å². The summed E-state index contributed by atoms with van der Waals surface area (Å²) in [5.74, 6) is 0. The van der Waals surface area contributed by atoms with E-state index in [1.807, 2.05) is 0 Å². The molecule has 0 N–H and O–H groups in total. The van der Waals surface area contributed by atoms with Crippen molar-refractivity contribution in [2.75, 3.05) is 26.4 Å². The van der Waals surface area contributed by atoms with Gasteiger partial charge < -0.3 is 0 Å². The van der Waals surface area contributed by atoms with Gasteiger partial charge in [-0.2, -0.15) is 0 Å². The Kier molecular flexibility index (Phi) is 4.72. The monoisotopic (exact) mass is 338 g/mol. The summed E-state index contributed by atoms with van der Waals surface area (Å²) in [6, 6.07) is 0. The van der Waals surface area contributed by atoms with E-state index >= 15 is 0 Å². The van der Waals surface area contributed by atoms with Crippen LogP contribution >= 0.6 is 0 Å². The number of hydrogen-bond donors (Lipinski definition) is 0. The quantitative estimate of drug-likeness (QED) is 0.636. The summed E-state index contributed by atoms with van der Waals surface area (Å²) in [4.78, 5) is 0. The van der Waals surface area contributed by atoms with Crippen molar-refractivity contribution in [2.24, 2.45) is 0 Å². The molecule has 0 spiro atoms. The topological polar surface area (TPSA) is 27.7 Å². The molecular formula is C12H26O3Sn. The molecule has 0 radical (unpaired) electrons. The van der Waals surface area contributed by atoms with Crippen molar-refractivity contribution in [1.29, 1.82) is 0 Å². The van der Waals surface area contributed by atoms with E-state index in [1.54, 1.807) is 0 Å². The van der Waals surface area contributed by atoms with Gasteiger partial charge in [0.1, 0.15) is 0 Å². The van der Waals surface area contributed by atoms with Gasteiger partial charge in [-0.3, -0.25) is 0 Å². The Morgan fingerprint density at radius 3 is 1.38 bits per heavy atom. The van der Waals surface area contributed by atoms with Crippen molar-refractivity contribution in [3.63, 3.8) is 0 Å². The van der Waals surface area contributed by atoms with Gasteiger partial charge in [-0.1, -0.05) is 0 Å². The molecule has 1 aliphatic heterocycles. The number of rotatable bonds is 0. The van der Waals surface area contributed by atoms with Crippen molar-refractivity contribution >= 4 is 19.2 Å². The molecule has 4 heteroatoms. The van der Waals surface area contributed by atoms with Crippen LogP contribution in [0.15, 0.2) is 0 Å². The van der Waals surface area contributed by atoms with Gasteiger partial charge in [0.2, 0.25) is 0 Å². The molecular weight excluding hydrogens is 311 g/mol. The van der Waals surface area contributed by atoms with Crippen molar-refractivity contribution in [1.82, 2.24) is 0 Å². The summed E-state index contributed by atoms with van der Waals surface area (Å²) in [6.45, 7) is 16.3. The van der Waals surface area contributed by atoms with Crippen LogP contribution in [0.2, 0.25) is 6.86 Å². The first-order chi connectivity index (χ1) is 7.21. The zero-order chi connectivity index (χ0) is 12.4. The molecule has 1 heterocycles. The number of ether oxygens (including phenoxy) is 1. The second-order valence-electron chi connectivity index (χ2n) is 6.43. The first kappa shape index (κ1) is 14.7. The Morgan fingerprint density at radius 1 is 0.688 bits per heavy atom. The van der Waals surface area contributed by atoms with Crippen LogP contribution in [0.25, 0.3) is 0 Å². The van der Waals surface area contributed by atoms with E-state index in [9.17, 15) is 0 Å². The second kappa shape index (κ2) is 5.12. The molecule has 0 amide bonds. The van der Waals surface area contributed by atoms with Crippen LogP contribution in [-0.2, 0) is 10.9 Å². The molecule has 1 saturated heterocycles. The fraction of sp³-hybridized carbons (Fsp3) is 1.00. The maximum atomic E-state index is 6.26. The molecule has 0 atom stereocenters. The summed E-state index contributed by atoms with van der Waals surface area (Å²) < 4.78 is 18.2. The normalized spacial score (nSPS) is 23.6. The summed E-state index contributed by atoms with van der Waals surface area (Å²) in [7, 11) is 0. The van der Waals surface area contributed by atoms with Crippen molar-refractivity contribution in [3.05, 3.63) is 0 Å². The molecule has 1 rings (SSSR count). The molecule has 1 aliphatic rings. The first-order valence-electron chi connectivity index (χ1n) is 6.06. The molecule has 3 nitrogen and oxygen atoms in total. The third kappa shape index (κ3) is 2.92. The molecule has 0 aromatic heterocycles. The third-order valence-corrected chi connectivity index (χ3v) is 17.8. The fourth-order valence-corrected chi connectivity index (χ4v) is 16.3. The van der Waals surface area contributed by atoms with E-state index in [0.29, 0.717) is 26.4 Å². The molecule has 0 saturated carbocycles. The summed E-state index contributed by atoms with van der Waals surface area (Å²) in [6.07, 6.45) is 0. The van der Waals surface area contributed by atoms with Gasteiger partial charge in [-0.25, -0.2) is 0 Å². The van der Waals surface area contributed by atoms with Gasteiger partial charge in [-0.15, -0.1) is 0 Å². The van der Waals surface area contributed by atoms with Crippen molar-refractivity contribution < 1.29 is 10.9 Å². The Labute approximate surface area is 105 Å². The van der Waals surface area contributed by atoms with Crippen LogP contribution < -0.4 is 0 Å². The average molecular weight is 337 g/mol. The van der Waals surface area contributed by atoms with E-state index in [1.165, 1.54) is 0 Å². The fourth-order valence-electron chi connectivity index (χ4n) is 2.62. The third-order valence-electron chi connectivity index (χ3n) is 3.04. The van der Waals surface area contributed by atoms with Crippen molar-refractivity contribution in [3.8, 4) is 0 Å². The minimum atomic E-state index is -3.12. The predicted octanol–water partition coefficient (Wildman–Crippen LogP) is 3.09. The maximum absolute atomic E-state index is 6.26. The molecule has 1 fully saturated rings. The molecule has 0 aliphatic carbocycles. The molecule has 96 valence electrons. The van der Waals surface area contributed by atoms with E-state index < -0.39 is 19.2 Å². The first-order valence-corrected chi connectivity index (χ1v) is 11.2. The Balaban J connectivity index is 3.01. The van der Waals surface area contributed by atoms with Gasteiger partial charge in [0.25, 0.3) is 0 Å². The van der Waals surface area contributed by atoms with Gasteiger partial charge in [-0.05, 0) is 0 Å². The van der Waals surface area contributed by atoms with Gasteiger partial charge in [0.15, 0.2) is 0 Å². The molecule has 0 aromatic rings.